The van der Waals surface area contributed by atoms with Gasteiger partial charge in [-0.05, 0) is 37.6 Å². The third-order valence-corrected chi connectivity index (χ3v) is 3.74. The molecule has 0 amide bonds. The van der Waals surface area contributed by atoms with E-state index >= 15 is 0 Å². The molecule has 2 rings (SSSR count). The maximum Gasteiger partial charge on any atom is 0.123 e. The monoisotopic (exact) mass is 256 g/mol. The van der Waals surface area contributed by atoms with Gasteiger partial charge < -0.3 is 5.32 Å². The minimum Gasteiger partial charge on any atom is -0.314 e. The molecule has 2 atom stereocenters. The lowest BCUT2D eigenvalue weighted by Crippen LogP contribution is -2.54. The zero-order chi connectivity index (χ0) is 12.4. The lowest BCUT2D eigenvalue weighted by atomic mass is 10.1. The summed E-state index contributed by atoms with van der Waals surface area (Å²) in [5.74, 6) is -0.222. The number of hydrogen-bond donors (Lipinski definition) is 1. The van der Waals surface area contributed by atoms with Gasteiger partial charge in [-0.1, -0.05) is 11.6 Å². The first kappa shape index (κ1) is 12.8. The topological polar surface area (TPSA) is 15.3 Å². The Labute approximate surface area is 107 Å². The fourth-order valence-corrected chi connectivity index (χ4v) is 2.52. The lowest BCUT2D eigenvalue weighted by molar-refractivity contribution is 0.108. The summed E-state index contributed by atoms with van der Waals surface area (Å²) in [5.41, 5.74) is 0.868. The lowest BCUT2D eigenvalue weighted by Gasteiger charge is -2.39. The largest absolute Gasteiger partial charge is 0.314 e. The van der Waals surface area contributed by atoms with Crippen LogP contribution in [0.5, 0.6) is 0 Å². The van der Waals surface area contributed by atoms with Gasteiger partial charge in [-0.3, -0.25) is 4.90 Å². The van der Waals surface area contributed by atoms with Crippen LogP contribution in [0.25, 0.3) is 0 Å². The zero-order valence-corrected chi connectivity index (χ0v) is 11.0. The van der Waals surface area contributed by atoms with Crippen LogP contribution >= 0.6 is 11.6 Å². The molecule has 0 radical (unpaired) electrons. The molecule has 0 bridgehead atoms. The van der Waals surface area contributed by atoms with Crippen LogP contribution in [0.2, 0.25) is 5.02 Å². The molecule has 0 spiro atoms. The van der Waals surface area contributed by atoms with Crippen LogP contribution in [-0.2, 0) is 6.54 Å². The normalized spacial score (nSPS) is 26.1. The molecule has 1 aliphatic rings. The van der Waals surface area contributed by atoms with Gasteiger partial charge in [-0.2, -0.15) is 0 Å². The van der Waals surface area contributed by atoms with Crippen molar-refractivity contribution in [2.75, 3.05) is 13.1 Å². The summed E-state index contributed by atoms with van der Waals surface area (Å²) in [6.45, 7) is 7.00. The van der Waals surface area contributed by atoms with Crippen LogP contribution in [0.3, 0.4) is 0 Å². The number of nitrogens with one attached hydrogen (secondary N) is 1. The molecule has 94 valence electrons. The first-order valence-electron chi connectivity index (χ1n) is 5.98. The number of halogens is 2. The molecule has 1 saturated heterocycles. The number of benzene rings is 1. The average molecular weight is 257 g/mol. The van der Waals surface area contributed by atoms with Crippen molar-refractivity contribution in [3.8, 4) is 0 Å². The molecular weight excluding hydrogens is 239 g/mol. The highest BCUT2D eigenvalue weighted by Gasteiger charge is 2.24. The molecule has 2 unspecified atom stereocenters. The summed E-state index contributed by atoms with van der Waals surface area (Å²) in [4.78, 5) is 2.36. The fraction of sp³-hybridized carbons (Fsp3) is 0.538. The highest BCUT2D eigenvalue weighted by atomic mass is 35.5. The predicted molar refractivity (Wildman–Crippen MR) is 68.7 cm³/mol. The quantitative estimate of drug-likeness (QED) is 0.875. The van der Waals surface area contributed by atoms with Crippen molar-refractivity contribution < 1.29 is 4.39 Å². The van der Waals surface area contributed by atoms with E-state index in [-0.39, 0.29) is 5.82 Å². The molecular formula is C13H18ClFN2. The van der Waals surface area contributed by atoms with E-state index in [1.807, 2.05) is 0 Å². The summed E-state index contributed by atoms with van der Waals surface area (Å²) in [5, 5.41) is 4.02. The standard InChI is InChI=1S/C13H18ClFN2/c1-9-6-16-7-10(2)17(9)8-11-5-12(15)3-4-13(11)14/h3-5,9-10,16H,6-8H2,1-2H3. The summed E-state index contributed by atoms with van der Waals surface area (Å²) < 4.78 is 13.2. The first-order chi connectivity index (χ1) is 8.08. The number of hydrogen-bond acceptors (Lipinski definition) is 2. The number of rotatable bonds is 2. The van der Waals surface area contributed by atoms with Crippen molar-refractivity contribution in [2.24, 2.45) is 0 Å². The smallest absolute Gasteiger partial charge is 0.123 e. The van der Waals surface area contributed by atoms with Crippen molar-refractivity contribution in [2.45, 2.75) is 32.5 Å². The van der Waals surface area contributed by atoms with E-state index in [2.05, 4.69) is 24.1 Å². The Morgan fingerprint density at radius 3 is 2.65 bits per heavy atom. The molecule has 0 aromatic heterocycles. The molecule has 1 aromatic carbocycles. The second-order valence-electron chi connectivity index (χ2n) is 4.76. The molecule has 2 nitrogen and oxygen atoms in total. The van der Waals surface area contributed by atoms with E-state index in [0.717, 1.165) is 18.7 Å². The number of piperazine rings is 1. The highest BCUT2D eigenvalue weighted by Crippen LogP contribution is 2.22. The van der Waals surface area contributed by atoms with E-state index < -0.39 is 0 Å². The van der Waals surface area contributed by atoms with Gasteiger partial charge in [-0.25, -0.2) is 4.39 Å². The summed E-state index contributed by atoms with van der Waals surface area (Å²) in [6, 6.07) is 5.44. The van der Waals surface area contributed by atoms with Crippen LogP contribution in [0.15, 0.2) is 18.2 Å². The van der Waals surface area contributed by atoms with Crippen molar-refractivity contribution in [1.29, 1.82) is 0 Å². The van der Waals surface area contributed by atoms with Crippen molar-refractivity contribution >= 4 is 11.6 Å². The Hall–Kier alpha value is -0.640. The fourth-order valence-electron chi connectivity index (χ4n) is 2.34. The maximum atomic E-state index is 13.2. The van der Waals surface area contributed by atoms with E-state index in [1.165, 1.54) is 12.1 Å². The van der Waals surface area contributed by atoms with Crippen LogP contribution in [0.1, 0.15) is 19.4 Å². The van der Waals surface area contributed by atoms with Gasteiger partial charge in [0, 0.05) is 36.7 Å². The third-order valence-electron chi connectivity index (χ3n) is 3.37. The summed E-state index contributed by atoms with van der Waals surface area (Å²) >= 11 is 6.10. The van der Waals surface area contributed by atoms with Gasteiger partial charge in [0.25, 0.3) is 0 Å². The Balaban J connectivity index is 2.16. The Morgan fingerprint density at radius 2 is 2.00 bits per heavy atom. The van der Waals surface area contributed by atoms with Gasteiger partial charge in [0.15, 0.2) is 0 Å². The van der Waals surface area contributed by atoms with Gasteiger partial charge in [0.1, 0.15) is 5.82 Å². The number of nitrogens with zero attached hydrogens (tertiary/aromatic N) is 1. The zero-order valence-electron chi connectivity index (χ0n) is 10.2. The second kappa shape index (κ2) is 5.34. The first-order valence-corrected chi connectivity index (χ1v) is 6.36. The van der Waals surface area contributed by atoms with Gasteiger partial charge >= 0.3 is 0 Å². The van der Waals surface area contributed by atoms with Gasteiger partial charge in [-0.15, -0.1) is 0 Å². The third kappa shape index (κ3) is 2.97. The van der Waals surface area contributed by atoms with Crippen LogP contribution in [0.4, 0.5) is 4.39 Å². The molecule has 1 aliphatic heterocycles. The molecule has 0 saturated carbocycles. The molecule has 0 aliphatic carbocycles. The average Bonchev–Trinajstić information content (AvgIpc) is 2.28. The minimum atomic E-state index is -0.222. The van der Waals surface area contributed by atoms with Crippen molar-refractivity contribution in [1.82, 2.24) is 10.2 Å². The SMILES string of the molecule is CC1CNCC(C)N1Cc1cc(F)ccc1Cl. The molecule has 1 fully saturated rings. The van der Waals surface area contributed by atoms with Crippen LogP contribution < -0.4 is 5.32 Å². The van der Waals surface area contributed by atoms with Crippen LogP contribution in [0, 0.1) is 5.82 Å². The van der Waals surface area contributed by atoms with Crippen LogP contribution in [-0.4, -0.2) is 30.1 Å². The summed E-state index contributed by atoms with van der Waals surface area (Å²) in [7, 11) is 0. The van der Waals surface area contributed by atoms with Gasteiger partial charge in [0.2, 0.25) is 0 Å². The highest BCUT2D eigenvalue weighted by molar-refractivity contribution is 6.31. The Kier molecular flexibility index (Phi) is 4.02. The molecule has 1 N–H and O–H groups in total. The Morgan fingerprint density at radius 1 is 1.35 bits per heavy atom. The van der Waals surface area contributed by atoms with E-state index in [4.69, 9.17) is 11.6 Å². The van der Waals surface area contributed by atoms with Crippen molar-refractivity contribution in [3.05, 3.63) is 34.6 Å². The van der Waals surface area contributed by atoms with Crippen molar-refractivity contribution in [3.63, 3.8) is 0 Å². The molecule has 4 heteroatoms. The molecule has 1 aromatic rings. The van der Waals surface area contributed by atoms with E-state index in [9.17, 15) is 4.39 Å². The molecule has 17 heavy (non-hydrogen) atoms. The predicted octanol–water partition coefficient (Wildman–Crippen LogP) is 2.66. The Bertz CT molecular complexity index is 387. The maximum absolute atomic E-state index is 13.2. The van der Waals surface area contributed by atoms with E-state index in [0.29, 0.717) is 23.7 Å². The summed E-state index contributed by atoms with van der Waals surface area (Å²) in [6.07, 6.45) is 0. The van der Waals surface area contributed by atoms with E-state index in [1.54, 1.807) is 6.07 Å². The minimum absolute atomic E-state index is 0.222. The second-order valence-corrected chi connectivity index (χ2v) is 5.17. The van der Waals surface area contributed by atoms with Gasteiger partial charge in [0.05, 0.1) is 0 Å². The molecule has 1 heterocycles.